The Balaban J connectivity index is 1.78. The van der Waals surface area contributed by atoms with Gasteiger partial charge in [-0.25, -0.2) is 8.42 Å². The van der Waals surface area contributed by atoms with Crippen molar-refractivity contribution >= 4 is 38.9 Å². The number of carbonyl (C=O) groups is 1. The summed E-state index contributed by atoms with van der Waals surface area (Å²) in [5, 5.41) is 5.72. The van der Waals surface area contributed by atoms with Gasteiger partial charge >= 0.3 is 6.18 Å². The first-order chi connectivity index (χ1) is 14.0. The van der Waals surface area contributed by atoms with E-state index in [2.05, 4.69) is 15.2 Å². The molecule has 0 saturated carbocycles. The van der Waals surface area contributed by atoms with Crippen molar-refractivity contribution in [1.29, 1.82) is 0 Å². The molecule has 2 N–H and O–H groups in total. The lowest BCUT2D eigenvalue weighted by Gasteiger charge is -2.13. The van der Waals surface area contributed by atoms with Crippen molar-refractivity contribution in [3.8, 4) is 0 Å². The van der Waals surface area contributed by atoms with Crippen LogP contribution in [-0.2, 0) is 16.2 Å². The standard InChI is InChI=1S/C18H13ClF3N3O4S/c1-10-14(9-23-29-10)17(26)24-12-3-5-13(6-4-12)25-30(27,28)16-8-11(18(20,21)22)2-7-15(16)19/h2-9,25H,1H3,(H,24,26). The summed E-state index contributed by atoms with van der Waals surface area (Å²) in [5.41, 5.74) is -0.503. The second-order valence-electron chi connectivity index (χ2n) is 6.08. The lowest BCUT2D eigenvalue weighted by atomic mass is 10.2. The molecule has 0 unspecified atom stereocenters. The molecular formula is C18H13ClF3N3O4S. The number of hydrogen-bond acceptors (Lipinski definition) is 5. The number of amides is 1. The van der Waals surface area contributed by atoms with Gasteiger partial charge in [-0.15, -0.1) is 0 Å². The number of anilines is 2. The van der Waals surface area contributed by atoms with E-state index in [0.29, 0.717) is 23.6 Å². The number of sulfonamides is 1. The van der Waals surface area contributed by atoms with E-state index in [1.54, 1.807) is 6.92 Å². The fourth-order valence-electron chi connectivity index (χ4n) is 2.43. The van der Waals surface area contributed by atoms with E-state index in [-0.39, 0.29) is 16.3 Å². The maximum absolute atomic E-state index is 12.9. The van der Waals surface area contributed by atoms with Gasteiger partial charge in [0.2, 0.25) is 0 Å². The monoisotopic (exact) mass is 459 g/mol. The van der Waals surface area contributed by atoms with Gasteiger partial charge < -0.3 is 9.84 Å². The van der Waals surface area contributed by atoms with E-state index in [4.69, 9.17) is 16.1 Å². The number of nitrogens with one attached hydrogen (secondary N) is 2. The van der Waals surface area contributed by atoms with Gasteiger partial charge in [0.05, 0.1) is 16.8 Å². The molecule has 30 heavy (non-hydrogen) atoms. The van der Waals surface area contributed by atoms with E-state index in [9.17, 15) is 26.4 Å². The molecule has 0 aliphatic heterocycles. The average molecular weight is 460 g/mol. The van der Waals surface area contributed by atoms with Crippen LogP contribution in [0.3, 0.4) is 0 Å². The van der Waals surface area contributed by atoms with Crippen molar-refractivity contribution in [2.24, 2.45) is 0 Å². The average Bonchev–Trinajstić information content (AvgIpc) is 3.08. The normalized spacial score (nSPS) is 11.9. The summed E-state index contributed by atoms with van der Waals surface area (Å²) in [6, 6.07) is 7.49. The Morgan fingerprint density at radius 2 is 1.73 bits per heavy atom. The Hall–Kier alpha value is -3.05. The SMILES string of the molecule is Cc1oncc1C(=O)Nc1ccc(NS(=O)(=O)c2cc(C(F)(F)F)ccc2Cl)cc1. The quantitative estimate of drug-likeness (QED) is 0.575. The van der Waals surface area contributed by atoms with Crippen LogP contribution in [0.1, 0.15) is 21.7 Å². The summed E-state index contributed by atoms with van der Waals surface area (Å²) in [6.07, 6.45) is -3.47. The molecule has 0 atom stereocenters. The van der Waals surface area contributed by atoms with Crippen LogP contribution in [0.4, 0.5) is 24.5 Å². The molecule has 2 aromatic carbocycles. The van der Waals surface area contributed by atoms with Crippen LogP contribution in [0.5, 0.6) is 0 Å². The Kier molecular flexibility index (Phi) is 5.77. The summed E-state index contributed by atoms with van der Waals surface area (Å²) in [6.45, 7) is 1.57. The fraction of sp³-hybridized carbons (Fsp3) is 0.111. The minimum Gasteiger partial charge on any atom is -0.361 e. The molecule has 0 bridgehead atoms. The number of benzene rings is 2. The minimum atomic E-state index is -4.72. The number of hydrogen-bond donors (Lipinski definition) is 2. The van der Waals surface area contributed by atoms with Gasteiger partial charge in [-0.05, 0) is 49.4 Å². The zero-order valence-corrected chi connectivity index (χ0v) is 16.7. The molecule has 12 heteroatoms. The first-order valence-electron chi connectivity index (χ1n) is 8.19. The van der Waals surface area contributed by atoms with Crippen LogP contribution < -0.4 is 10.0 Å². The molecule has 0 fully saturated rings. The summed E-state index contributed by atoms with van der Waals surface area (Å²) in [4.78, 5) is 11.4. The van der Waals surface area contributed by atoms with Crippen LogP contribution in [0.15, 0.2) is 58.1 Å². The summed E-state index contributed by atoms with van der Waals surface area (Å²) in [7, 11) is -4.39. The highest BCUT2D eigenvalue weighted by Gasteiger charge is 2.32. The molecule has 0 aliphatic rings. The van der Waals surface area contributed by atoms with Crippen LogP contribution in [0.25, 0.3) is 0 Å². The van der Waals surface area contributed by atoms with Crippen LogP contribution >= 0.6 is 11.6 Å². The highest BCUT2D eigenvalue weighted by atomic mass is 35.5. The number of alkyl halides is 3. The van der Waals surface area contributed by atoms with Gasteiger partial charge in [0.1, 0.15) is 16.2 Å². The number of nitrogens with zero attached hydrogens (tertiary/aromatic N) is 1. The zero-order chi connectivity index (χ0) is 22.1. The first kappa shape index (κ1) is 21.7. The van der Waals surface area contributed by atoms with Crippen molar-refractivity contribution in [3.63, 3.8) is 0 Å². The number of aryl methyl sites for hydroxylation is 1. The highest BCUT2D eigenvalue weighted by molar-refractivity contribution is 7.92. The Labute approximate surface area is 173 Å². The van der Waals surface area contributed by atoms with Crippen LogP contribution in [-0.4, -0.2) is 19.5 Å². The van der Waals surface area contributed by atoms with E-state index in [0.717, 1.165) is 6.07 Å². The molecule has 158 valence electrons. The molecule has 3 rings (SSSR count). The van der Waals surface area contributed by atoms with Crippen LogP contribution in [0.2, 0.25) is 5.02 Å². The predicted molar refractivity (Wildman–Crippen MR) is 103 cm³/mol. The molecule has 3 aromatic rings. The largest absolute Gasteiger partial charge is 0.416 e. The smallest absolute Gasteiger partial charge is 0.361 e. The second kappa shape index (κ2) is 8.00. The summed E-state index contributed by atoms with van der Waals surface area (Å²) >= 11 is 5.79. The topological polar surface area (TPSA) is 101 Å². The summed E-state index contributed by atoms with van der Waals surface area (Å²) in [5.74, 6) is -0.146. The number of carbonyl (C=O) groups excluding carboxylic acids is 1. The van der Waals surface area contributed by atoms with E-state index >= 15 is 0 Å². The maximum atomic E-state index is 12.9. The molecule has 7 nitrogen and oxygen atoms in total. The van der Waals surface area contributed by atoms with Gasteiger partial charge in [-0.3, -0.25) is 9.52 Å². The van der Waals surface area contributed by atoms with Crippen LogP contribution in [0, 0.1) is 6.92 Å². The fourth-order valence-corrected chi connectivity index (χ4v) is 4.02. The van der Waals surface area contributed by atoms with E-state index < -0.39 is 32.6 Å². The molecule has 0 aliphatic carbocycles. The molecule has 1 heterocycles. The maximum Gasteiger partial charge on any atom is 0.416 e. The van der Waals surface area contributed by atoms with E-state index in [1.165, 1.54) is 30.5 Å². The number of rotatable bonds is 5. The lowest BCUT2D eigenvalue weighted by Crippen LogP contribution is -2.15. The van der Waals surface area contributed by atoms with Crippen molar-refractivity contribution in [2.75, 3.05) is 10.0 Å². The molecule has 1 aromatic heterocycles. The predicted octanol–water partition coefficient (Wildman–Crippen LogP) is 4.71. The van der Waals surface area contributed by atoms with Gasteiger partial charge in [-0.1, -0.05) is 16.8 Å². The lowest BCUT2D eigenvalue weighted by molar-refractivity contribution is -0.137. The molecular weight excluding hydrogens is 447 g/mol. The van der Waals surface area contributed by atoms with Gasteiger partial charge in [-0.2, -0.15) is 13.2 Å². The molecule has 0 radical (unpaired) electrons. The Morgan fingerprint density at radius 3 is 2.30 bits per heavy atom. The van der Waals surface area contributed by atoms with Crippen molar-refractivity contribution < 1.29 is 30.9 Å². The molecule has 1 amide bonds. The third kappa shape index (κ3) is 4.74. The number of halogens is 4. The highest BCUT2D eigenvalue weighted by Crippen LogP contribution is 2.34. The summed E-state index contributed by atoms with van der Waals surface area (Å²) < 4.78 is 70.6. The van der Waals surface area contributed by atoms with Crippen molar-refractivity contribution in [3.05, 3.63) is 70.6 Å². The second-order valence-corrected chi connectivity index (χ2v) is 8.13. The van der Waals surface area contributed by atoms with Gasteiger partial charge in [0, 0.05) is 11.4 Å². The van der Waals surface area contributed by atoms with Gasteiger partial charge in [0.15, 0.2) is 0 Å². The third-order valence-corrected chi connectivity index (χ3v) is 5.80. The van der Waals surface area contributed by atoms with E-state index in [1.807, 2.05) is 0 Å². The molecule has 0 spiro atoms. The first-order valence-corrected chi connectivity index (χ1v) is 10.1. The molecule has 0 saturated heterocycles. The number of aromatic nitrogens is 1. The minimum absolute atomic E-state index is 0.0580. The third-order valence-electron chi connectivity index (χ3n) is 3.94. The Morgan fingerprint density at radius 1 is 1.10 bits per heavy atom. The Bertz CT molecular complexity index is 1190. The van der Waals surface area contributed by atoms with Gasteiger partial charge in [0.25, 0.3) is 15.9 Å². The van der Waals surface area contributed by atoms with Crippen molar-refractivity contribution in [2.45, 2.75) is 18.0 Å². The zero-order valence-electron chi connectivity index (χ0n) is 15.1. The van der Waals surface area contributed by atoms with Crippen molar-refractivity contribution in [1.82, 2.24) is 5.16 Å².